The van der Waals surface area contributed by atoms with E-state index in [2.05, 4.69) is 23.8 Å². The molecule has 2 aromatic rings. The highest BCUT2D eigenvalue weighted by Crippen LogP contribution is 2.25. The van der Waals surface area contributed by atoms with E-state index >= 15 is 0 Å². The number of benzene rings is 1. The topological polar surface area (TPSA) is 28.7 Å². The van der Waals surface area contributed by atoms with Crippen LogP contribution in [0.25, 0.3) is 11.3 Å². The first kappa shape index (κ1) is 13.9. The summed E-state index contributed by atoms with van der Waals surface area (Å²) in [6, 6.07) is 5.07. The fourth-order valence-corrected chi connectivity index (χ4v) is 2.11. The van der Waals surface area contributed by atoms with Crippen LogP contribution in [0.4, 0.5) is 4.39 Å². The average Bonchev–Trinajstić information content (AvgIpc) is 2.35. The molecule has 1 N–H and O–H groups in total. The number of hydrogen-bond acceptors (Lipinski definition) is 2. The fraction of sp³-hybridized carbons (Fsp3) is 0.333. The van der Waals surface area contributed by atoms with Crippen molar-refractivity contribution in [3.63, 3.8) is 0 Å². The second-order valence-corrected chi connectivity index (χ2v) is 5.43. The standard InChI is InChI=1S/C15H17FN2S/c1-8(2)14-17-13(10(4)15(19)18-14)11-5-6-12(16)9(3)7-11/h5-8H,1-4H3,(H,17,18,19). The highest BCUT2D eigenvalue weighted by atomic mass is 32.1. The van der Waals surface area contributed by atoms with Crippen molar-refractivity contribution in [2.75, 3.05) is 0 Å². The van der Waals surface area contributed by atoms with E-state index in [1.807, 2.05) is 13.0 Å². The minimum Gasteiger partial charge on any atom is -0.343 e. The van der Waals surface area contributed by atoms with E-state index < -0.39 is 0 Å². The monoisotopic (exact) mass is 276 g/mol. The summed E-state index contributed by atoms with van der Waals surface area (Å²) in [5.41, 5.74) is 3.41. The Morgan fingerprint density at radius 3 is 2.53 bits per heavy atom. The van der Waals surface area contributed by atoms with Crippen LogP contribution in [0.2, 0.25) is 0 Å². The molecule has 1 aromatic carbocycles. The smallest absolute Gasteiger partial charge is 0.133 e. The van der Waals surface area contributed by atoms with Crippen molar-refractivity contribution in [2.24, 2.45) is 0 Å². The van der Waals surface area contributed by atoms with Gasteiger partial charge in [-0.2, -0.15) is 0 Å². The third-order valence-electron chi connectivity index (χ3n) is 3.16. The number of aromatic nitrogens is 2. The van der Waals surface area contributed by atoms with Crippen LogP contribution in [0.15, 0.2) is 18.2 Å². The normalized spacial score (nSPS) is 11.1. The summed E-state index contributed by atoms with van der Waals surface area (Å²) in [6.07, 6.45) is 0. The van der Waals surface area contributed by atoms with Crippen LogP contribution >= 0.6 is 12.2 Å². The van der Waals surface area contributed by atoms with Crippen LogP contribution in [-0.4, -0.2) is 9.97 Å². The van der Waals surface area contributed by atoms with Crippen molar-refractivity contribution in [2.45, 2.75) is 33.6 Å². The van der Waals surface area contributed by atoms with Gasteiger partial charge in [-0.3, -0.25) is 0 Å². The molecule has 4 heteroatoms. The average molecular weight is 276 g/mol. The molecule has 100 valence electrons. The molecule has 0 bridgehead atoms. The maximum Gasteiger partial charge on any atom is 0.133 e. The molecule has 0 aliphatic heterocycles. The number of halogens is 1. The zero-order valence-electron chi connectivity index (χ0n) is 11.5. The number of aryl methyl sites for hydroxylation is 1. The first-order valence-corrected chi connectivity index (χ1v) is 6.68. The zero-order chi connectivity index (χ0) is 14.2. The molecule has 0 aliphatic carbocycles. The van der Waals surface area contributed by atoms with Gasteiger partial charge in [-0.25, -0.2) is 9.37 Å². The molecular formula is C15H17FN2S. The molecule has 0 fully saturated rings. The molecule has 2 rings (SSSR count). The lowest BCUT2D eigenvalue weighted by Crippen LogP contribution is -2.02. The van der Waals surface area contributed by atoms with Gasteiger partial charge in [-0.05, 0) is 43.2 Å². The van der Waals surface area contributed by atoms with Gasteiger partial charge in [0.2, 0.25) is 0 Å². The van der Waals surface area contributed by atoms with E-state index in [-0.39, 0.29) is 11.7 Å². The highest BCUT2D eigenvalue weighted by Gasteiger charge is 2.10. The van der Waals surface area contributed by atoms with Crippen LogP contribution in [0.3, 0.4) is 0 Å². The summed E-state index contributed by atoms with van der Waals surface area (Å²) >= 11 is 5.30. The Kier molecular flexibility index (Phi) is 3.80. The van der Waals surface area contributed by atoms with Gasteiger partial charge < -0.3 is 4.98 Å². The van der Waals surface area contributed by atoms with Crippen LogP contribution in [-0.2, 0) is 0 Å². The van der Waals surface area contributed by atoms with Crippen molar-refractivity contribution in [1.29, 1.82) is 0 Å². The molecule has 0 radical (unpaired) electrons. The summed E-state index contributed by atoms with van der Waals surface area (Å²) in [4.78, 5) is 7.70. The van der Waals surface area contributed by atoms with Gasteiger partial charge in [0.15, 0.2) is 0 Å². The maximum atomic E-state index is 13.4. The van der Waals surface area contributed by atoms with Gasteiger partial charge in [-0.1, -0.05) is 26.1 Å². The second-order valence-electron chi connectivity index (χ2n) is 5.05. The quantitative estimate of drug-likeness (QED) is 0.806. The van der Waals surface area contributed by atoms with Crippen LogP contribution < -0.4 is 0 Å². The van der Waals surface area contributed by atoms with Crippen molar-refractivity contribution >= 4 is 12.2 Å². The summed E-state index contributed by atoms with van der Waals surface area (Å²) in [6.45, 7) is 7.81. The Balaban J connectivity index is 2.67. The lowest BCUT2D eigenvalue weighted by Gasteiger charge is -2.12. The minimum absolute atomic E-state index is 0.196. The van der Waals surface area contributed by atoms with Gasteiger partial charge in [-0.15, -0.1) is 0 Å². The molecule has 1 aromatic heterocycles. The van der Waals surface area contributed by atoms with Gasteiger partial charge in [0.05, 0.1) is 5.69 Å². The van der Waals surface area contributed by atoms with Crippen molar-refractivity contribution < 1.29 is 4.39 Å². The molecule has 0 atom stereocenters. The zero-order valence-corrected chi connectivity index (χ0v) is 12.4. The van der Waals surface area contributed by atoms with Crippen LogP contribution in [0.5, 0.6) is 0 Å². The largest absolute Gasteiger partial charge is 0.343 e. The molecule has 0 aliphatic rings. The van der Waals surface area contributed by atoms with E-state index in [1.165, 1.54) is 6.07 Å². The van der Waals surface area contributed by atoms with Crippen molar-refractivity contribution in [3.8, 4) is 11.3 Å². The summed E-state index contributed by atoms with van der Waals surface area (Å²) < 4.78 is 14.0. The highest BCUT2D eigenvalue weighted by molar-refractivity contribution is 7.71. The molecule has 2 nitrogen and oxygen atoms in total. The maximum absolute atomic E-state index is 13.4. The van der Waals surface area contributed by atoms with Gasteiger partial charge in [0.1, 0.15) is 16.3 Å². The van der Waals surface area contributed by atoms with Crippen molar-refractivity contribution in [1.82, 2.24) is 9.97 Å². The molecule has 0 saturated carbocycles. The Hall–Kier alpha value is -1.55. The molecule has 0 amide bonds. The van der Waals surface area contributed by atoms with Gasteiger partial charge in [0.25, 0.3) is 0 Å². The van der Waals surface area contributed by atoms with E-state index in [0.717, 1.165) is 22.6 Å². The Morgan fingerprint density at radius 1 is 1.26 bits per heavy atom. The molecule has 0 unspecified atom stereocenters. The number of H-pyrrole nitrogens is 1. The summed E-state index contributed by atoms with van der Waals surface area (Å²) in [5, 5.41) is 0. The third kappa shape index (κ3) is 2.73. The predicted molar refractivity (Wildman–Crippen MR) is 78.4 cm³/mol. The van der Waals surface area contributed by atoms with Crippen LogP contribution in [0, 0.1) is 24.3 Å². The number of aromatic amines is 1. The SMILES string of the molecule is Cc1cc(-c2[nH]c(C(C)C)nc(=S)c2C)ccc1F. The summed E-state index contributed by atoms with van der Waals surface area (Å²) in [5.74, 6) is 0.924. The third-order valence-corrected chi connectivity index (χ3v) is 3.56. The second kappa shape index (κ2) is 5.21. The number of rotatable bonds is 2. The fourth-order valence-electron chi connectivity index (χ4n) is 1.91. The predicted octanol–water partition coefficient (Wildman–Crippen LogP) is 4.69. The molecule has 0 spiro atoms. The van der Waals surface area contributed by atoms with E-state index in [1.54, 1.807) is 13.0 Å². The first-order chi connectivity index (χ1) is 8.90. The Morgan fingerprint density at radius 2 is 1.95 bits per heavy atom. The summed E-state index contributed by atoms with van der Waals surface area (Å²) in [7, 11) is 0. The van der Waals surface area contributed by atoms with Gasteiger partial charge >= 0.3 is 0 Å². The Labute approximate surface area is 117 Å². The number of nitrogens with zero attached hydrogens (tertiary/aromatic N) is 1. The lowest BCUT2D eigenvalue weighted by atomic mass is 10.0. The first-order valence-electron chi connectivity index (χ1n) is 6.27. The number of hydrogen-bond donors (Lipinski definition) is 1. The lowest BCUT2D eigenvalue weighted by molar-refractivity contribution is 0.618. The minimum atomic E-state index is -0.196. The molecular weight excluding hydrogens is 259 g/mol. The Bertz CT molecular complexity index is 674. The number of nitrogens with one attached hydrogen (secondary N) is 1. The van der Waals surface area contributed by atoms with Crippen LogP contribution in [0.1, 0.15) is 36.7 Å². The van der Waals surface area contributed by atoms with E-state index in [4.69, 9.17) is 12.2 Å². The van der Waals surface area contributed by atoms with E-state index in [9.17, 15) is 4.39 Å². The van der Waals surface area contributed by atoms with Crippen molar-refractivity contribution in [3.05, 3.63) is 45.6 Å². The van der Waals surface area contributed by atoms with Gasteiger partial charge in [0, 0.05) is 11.5 Å². The molecule has 19 heavy (non-hydrogen) atoms. The van der Waals surface area contributed by atoms with E-state index in [0.29, 0.717) is 10.2 Å². The molecule has 1 heterocycles. The molecule has 0 saturated heterocycles.